The molecule has 0 amide bonds. The molecule has 18 heteroatoms. The molecule has 0 aromatic carbocycles. The van der Waals surface area contributed by atoms with Crippen LogP contribution < -0.4 is 14.7 Å². The molecule has 0 bridgehead atoms. The van der Waals surface area contributed by atoms with Gasteiger partial charge >= 0.3 is 0 Å². The van der Waals surface area contributed by atoms with E-state index < -0.39 is 17.1 Å². The van der Waals surface area contributed by atoms with Crippen LogP contribution in [0.15, 0.2) is 36.5 Å². The smallest absolute Gasteiger partial charge is 0.197 e. The van der Waals surface area contributed by atoms with Gasteiger partial charge in [0, 0.05) is 40.9 Å². The summed E-state index contributed by atoms with van der Waals surface area (Å²) in [5, 5.41) is 0. The molecule has 432 valence electrons. The van der Waals surface area contributed by atoms with Crippen molar-refractivity contribution >= 4 is 102 Å². The summed E-state index contributed by atoms with van der Waals surface area (Å²) >= 11 is 30.1. The van der Waals surface area contributed by atoms with Gasteiger partial charge in [0.1, 0.15) is 0 Å². The monoisotopic (exact) mass is 1280 g/mol. The van der Waals surface area contributed by atoms with Gasteiger partial charge in [-0.25, -0.2) is 0 Å². The summed E-state index contributed by atoms with van der Waals surface area (Å²) in [6, 6.07) is 0. The van der Waals surface area contributed by atoms with E-state index in [9.17, 15) is 14.7 Å². The molecule has 3 unspecified atom stereocenters. The van der Waals surface area contributed by atoms with E-state index in [0.717, 1.165) is 38.5 Å². The van der Waals surface area contributed by atoms with Crippen LogP contribution in [0.5, 0.6) is 0 Å². The molecule has 0 heterocycles. The van der Waals surface area contributed by atoms with Crippen molar-refractivity contribution in [2.45, 2.75) is 290 Å². The minimum Gasteiger partial charge on any atom is -0.819 e. The van der Waals surface area contributed by atoms with Crippen LogP contribution in [0.3, 0.4) is 0 Å². The van der Waals surface area contributed by atoms with Gasteiger partial charge in [0.25, 0.3) is 0 Å². The van der Waals surface area contributed by atoms with Gasteiger partial charge in [0.15, 0.2) is 12.5 Å². The van der Waals surface area contributed by atoms with Crippen LogP contribution in [0.4, 0.5) is 0 Å². The molecular formula is C54H105MoO7P3S7-6. The molecule has 0 aromatic rings. The number of hydrogen-bond acceptors (Lipinski definition) is 14. The van der Waals surface area contributed by atoms with Gasteiger partial charge in [-0.05, 0) is 96.3 Å². The number of allylic oxidation sites excluding steroid dienone is 6. The SMILES string of the molecule is CCCCCCCC/C=C\CCCCCCCCOP([O-])(=S)[S-].CCCCCCCC/C=C\CCCCCCCCOP([O-])(=S)[S-].CCCCCCCC/C=C\CCCCCCCCOP([O-])(=S)[S-].O=S.[Mo]. The van der Waals surface area contributed by atoms with E-state index in [2.05, 4.69) is 142 Å². The van der Waals surface area contributed by atoms with Crippen LogP contribution in [0.1, 0.15) is 290 Å². The van der Waals surface area contributed by atoms with Crippen molar-refractivity contribution in [1.29, 1.82) is 0 Å². The normalized spacial score (nSPS) is 13.8. The molecule has 0 radical (unpaired) electrons. The first-order valence-corrected chi connectivity index (χ1v) is 39.6. The minimum absolute atomic E-state index is 0. The third-order valence-electron chi connectivity index (χ3n) is 11.7. The van der Waals surface area contributed by atoms with Gasteiger partial charge in [-0.1, -0.05) is 231 Å². The molecule has 0 spiro atoms. The molecule has 0 fully saturated rings. The Balaban J connectivity index is -0.000000304. The first kappa shape index (κ1) is 83.5. The number of hydrogen-bond donors (Lipinski definition) is 0. The van der Waals surface area contributed by atoms with Crippen LogP contribution >= 0.6 is 17.1 Å². The molecular weight excluding hydrogens is 1170 g/mol. The molecule has 72 heavy (non-hydrogen) atoms. The van der Waals surface area contributed by atoms with Gasteiger partial charge in [-0.3, -0.25) is 0 Å². The van der Waals surface area contributed by atoms with Crippen molar-refractivity contribution in [2.75, 3.05) is 19.8 Å². The average Bonchev–Trinajstić information content (AvgIpc) is 3.32. The van der Waals surface area contributed by atoms with Gasteiger partial charge in [0.2, 0.25) is 0 Å². The number of rotatable bonds is 51. The Kier molecular flexibility index (Phi) is 81.0. The van der Waals surface area contributed by atoms with Crippen LogP contribution in [0, 0.1) is 0 Å². The third kappa shape index (κ3) is 95.1. The van der Waals surface area contributed by atoms with E-state index in [0.29, 0.717) is 19.8 Å². The van der Waals surface area contributed by atoms with Gasteiger partial charge < -0.3 is 65.0 Å². The predicted octanol–water partition coefficient (Wildman–Crippen LogP) is 18.2. The van der Waals surface area contributed by atoms with E-state index in [1.807, 2.05) is 0 Å². The Morgan fingerprint density at radius 1 is 0.306 bits per heavy atom. The standard InChI is InChI=1S/3C18H37O2PS2.Mo.OS/c3*1-2-3-4-5-6-7-8-9-10-11-12-13-14-15-16-17-18-20-21(19,22)23;;1-2/h3*9-10H,2-8,11-18H2,1H3,(H2,19,22,23);;/p-6/b3*10-9-;;. The Hall–Kier alpha value is 2.69. The van der Waals surface area contributed by atoms with E-state index in [4.69, 9.17) is 17.8 Å². The zero-order valence-electron chi connectivity index (χ0n) is 45.7. The maximum atomic E-state index is 11.0. The zero-order valence-corrected chi connectivity index (χ0v) is 56.2. The second kappa shape index (κ2) is 69.8. The molecule has 0 rings (SSSR count). The van der Waals surface area contributed by atoms with E-state index >= 15 is 0 Å². The molecule has 7 nitrogen and oxygen atoms in total. The molecule has 0 saturated carbocycles. The summed E-state index contributed by atoms with van der Waals surface area (Å²) < 4.78 is 22.6. The van der Waals surface area contributed by atoms with E-state index in [1.165, 1.54) is 231 Å². The predicted molar refractivity (Wildman–Crippen MR) is 329 cm³/mol. The summed E-state index contributed by atoms with van der Waals surface area (Å²) in [6.07, 6.45) is 67.6. The van der Waals surface area contributed by atoms with Crippen molar-refractivity contribution in [3.63, 3.8) is 0 Å². The molecule has 0 aliphatic rings. The molecule has 0 aromatic heterocycles. The minimum atomic E-state index is -3.10. The fraction of sp³-hybridized carbons (Fsp3) is 0.889. The Morgan fingerprint density at radius 2 is 0.444 bits per heavy atom. The topological polar surface area (TPSA) is 114 Å². The number of unbranched alkanes of at least 4 members (excludes halogenated alkanes) is 36. The van der Waals surface area contributed by atoms with Crippen molar-refractivity contribution in [3.05, 3.63) is 36.5 Å². The van der Waals surface area contributed by atoms with Crippen molar-refractivity contribution in [1.82, 2.24) is 0 Å². The van der Waals surface area contributed by atoms with Gasteiger partial charge in [-0.15, -0.1) is 52.5 Å². The Bertz CT molecular complexity index is 1130. The fourth-order valence-corrected chi connectivity index (χ4v) is 9.98. The Labute approximate surface area is 497 Å². The molecule has 0 aliphatic carbocycles. The van der Waals surface area contributed by atoms with Gasteiger partial charge in [0.05, 0.1) is 0 Å². The average molecular weight is 1280 g/mol. The quantitative estimate of drug-likeness (QED) is 0.0189. The third-order valence-corrected chi connectivity index (χ3v) is 15.1. The second-order valence-corrected chi connectivity index (χ2v) is 32.8. The first-order chi connectivity index (χ1) is 34.2. The zero-order chi connectivity index (χ0) is 53.7. The first-order valence-electron chi connectivity index (χ1n) is 28.3. The molecule has 3 atom stereocenters. The van der Waals surface area contributed by atoms with Crippen molar-refractivity contribution < 1.29 is 53.5 Å². The largest absolute Gasteiger partial charge is 0.819 e. The van der Waals surface area contributed by atoms with Crippen molar-refractivity contribution in [2.24, 2.45) is 0 Å². The summed E-state index contributed by atoms with van der Waals surface area (Å²) in [4.78, 5) is 32.9. The maximum absolute atomic E-state index is 11.0. The molecule has 0 aliphatic heterocycles. The molecule has 0 saturated heterocycles. The van der Waals surface area contributed by atoms with Crippen LogP contribution in [0.2, 0.25) is 0 Å². The van der Waals surface area contributed by atoms with Crippen LogP contribution in [-0.4, -0.2) is 24.0 Å². The second-order valence-electron chi connectivity index (χ2n) is 18.7. The summed E-state index contributed by atoms with van der Waals surface area (Å²) in [7, 11) is 0. The summed E-state index contributed by atoms with van der Waals surface area (Å²) in [5.74, 6) is 0. The van der Waals surface area contributed by atoms with Crippen LogP contribution in [-0.2, 0) is 119 Å². The van der Waals surface area contributed by atoms with Crippen LogP contribution in [0.25, 0.3) is 0 Å². The summed E-state index contributed by atoms with van der Waals surface area (Å²) in [6.45, 7) is 8.14. The summed E-state index contributed by atoms with van der Waals surface area (Å²) in [5.41, 5.74) is -9.29. The maximum Gasteiger partial charge on any atom is 0.197 e. The Morgan fingerprint density at radius 3 is 0.597 bits per heavy atom. The van der Waals surface area contributed by atoms with E-state index in [-0.39, 0.29) is 21.1 Å². The van der Waals surface area contributed by atoms with Crippen molar-refractivity contribution in [3.8, 4) is 0 Å². The fourth-order valence-electron chi connectivity index (χ4n) is 7.58. The van der Waals surface area contributed by atoms with E-state index in [1.54, 1.807) is 0 Å². The molecule has 0 N–H and O–H groups in total. The van der Waals surface area contributed by atoms with Gasteiger partial charge in [-0.2, -0.15) is 4.21 Å².